The molecule has 1 saturated heterocycles. The molecule has 3 aliphatic carbocycles. The summed E-state index contributed by atoms with van der Waals surface area (Å²) in [6, 6.07) is 8.67. The van der Waals surface area contributed by atoms with Crippen LogP contribution in [0.2, 0.25) is 0 Å². The molecule has 4 aliphatic rings. The third-order valence-electron chi connectivity index (χ3n) is 10.4. The summed E-state index contributed by atoms with van der Waals surface area (Å²) in [7, 11) is 9.02. The number of aliphatic hydroxyl groups is 3. The number of allylic oxidation sites excluding steroid dienone is 1. The maximum atomic E-state index is 14.4. The van der Waals surface area contributed by atoms with Gasteiger partial charge >= 0.3 is 0 Å². The van der Waals surface area contributed by atoms with E-state index in [1.165, 1.54) is 4.90 Å². The highest BCUT2D eigenvalue weighted by Gasteiger charge is 2.63. The Balaban J connectivity index is 1.43. The van der Waals surface area contributed by atoms with Gasteiger partial charge in [-0.05, 0) is 62.7 Å². The summed E-state index contributed by atoms with van der Waals surface area (Å²) in [5.41, 5.74) is 5.32. The van der Waals surface area contributed by atoms with Crippen molar-refractivity contribution in [1.82, 2.24) is 14.7 Å². The van der Waals surface area contributed by atoms with E-state index in [1.807, 2.05) is 49.3 Å². The van der Waals surface area contributed by atoms with Crippen LogP contribution in [-0.4, -0.2) is 126 Å². The Morgan fingerprint density at radius 3 is 2.23 bits per heavy atom. The molecule has 2 aromatic rings. The zero-order valence-electron chi connectivity index (χ0n) is 27.4. The second kappa shape index (κ2) is 11.8. The molecule has 6 N–H and O–H groups in total. The van der Waals surface area contributed by atoms with Crippen LogP contribution < -0.4 is 10.6 Å². The van der Waals surface area contributed by atoms with Crippen molar-refractivity contribution in [2.75, 3.05) is 66.3 Å². The van der Waals surface area contributed by atoms with Gasteiger partial charge in [-0.3, -0.25) is 24.2 Å². The van der Waals surface area contributed by atoms with Crippen molar-refractivity contribution < 1.29 is 34.8 Å². The average Bonchev–Trinajstić information content (AvgIpc) is 3.00. The first-order valence-electron chi connectivity index (χ1n) is 15.9. The lowest BCUT2D eigenvalue weighted by molar-refractivity contribution is -0.148. The summed E-state index contributed by atoms with van der Waals surface area (Å²) in [4.78, 5) is 48.4. The van der Waals surface area contributed by atoms with E-state index in [2.05, 4.69) is 16.8 Å². The van der Waals surface area contributed by atoms with Crippen LogP contribution in [0.4, 0.5) is 5.69 Å². The SMILES string of the molecule is CN1CCN(Cc2ccc(-c3cc(N(C)C)c4c(c3O)C(=O)C3=C(O)C5(O)C(=O)C(C(N)=O)=C(O)C(N(C)C)C5CC3C4)cc2)CC1. The van der Waals surface area contributed by atoms with Crippen LogP contribution in [0.25, 0.3) is 11.1 Å². The summed E-state index contributed by atoms with van der Waals surface area (Å²) in [5.74, 6) is -6.65. The molecule has 1 amide bonds. The highest BCUT2D eigenvalue weighted by Crippen LogP contribution is 2.54. The van der Waals surface area contributed by atoms with Crippen LogP contribution in [0.5, 0.6) is 5.75 Å². The molecule has 6 rings (SSSR count). The fourth-order valence-electron chi connectivity index (χ4n) is 7.97. The van der Waals surface area contributed by atoms with Gasteiger partial charge in [-0.15, -0.1) is 0 Å². The topological polar surface area (TPSA) is 171 Å². The number of hydrogen-bond acceptors (Lipinski definition) is 11. The summed E-state index contributed by atoms with van der Waals surface area (Å²) < 4.78 is 0. The molecule has 47 heavy (non-hydrogen) atoms. The van der Waals surface area contributed by atoms with Crippen molar-refractivity contribution in [3.63, 3.8) is 0 Å². The number of Topliss-reactive ketones (excluding diaryl/α,β-unsaturated/α-hetero) is 2. The number of carbonyl (C=O) groups excluding carboxylic acids is 3. The van der Waals surface area contributed by atoms with Gasteiger partial charge in [0.15, 0.2) is 11.4 Å². The number of carbonyl (C=O) groups is 3. The number of phenolic OH excluding ortho intramolecular Hbond substituents is 1. The van der Waals surface area contributed by atoms with Crippen LogP contribution in [0.3, 0.4) is 0 Å². The molecule has 0 aromatic heterocycles. The van der Waals surface area contributed by atoms with Crippen LogP contribution >= 0.6 is 0 Å². The molecule has 0 radical (unpaired) electrons. The molecular formula is C35H43N5O7. The predicted octanol–water partition coefficient (Wildman–Crippen LogP) is 1.60. The van der Waals surface area contributed by atoms with E-state index in [4.69, 9.17) is 5.73 Å². The number of hydrogen-bond donors (Lipinski definition) is 5. The standard InChI is InChI=1S/C35H43N5O7/c1-37(2)24-16-21(19-8-6-18(7-9-19)17-40-12-10-39(5)11-13-40)29(41)26-22(24)14-20-15-23-28(38(3)4)31(43)27(34(36)46)33(45)35(23,47)32(44)25(20)30(26)42/h6-9,16,20,23,28,41,43-44,47H,10-15,17H2,1-5H3,(H2,36,46). The van der Waals surface area contributed by atoms with E-state index >= 15 is 0 Å². The molecule has 4 atom stereocenters. The van der Waals surface area contributed by atoms with Gasteiger partial charge in [0.2, 0.25) is 5.78 Å². The van der Waals surface area contributed by atoms with Gasteiger partial charge in [-0.1, -0.05) is 24.3 Å². The summed E-state index contributed by atoms with van der Waals surface area (Å²) in [5, 5.41) is 46.3. The summed E-state index contributed by atoms with van der Waals surface area (Å²) in [6.07, 6.45) is 0.260. The lowest BCUT2D eigenvalue weighted by Crippen LogP contribution is -2.63. The molecule has 12 heteroatoms. The number of nitrogens with zero attached hydrogens (tertiary/aromatic N) is 4. The van der Waals surface area contributed by atoms with Crippen molar-refractivity contribution >= 4 is 23.2 Å². The lowest BCUT2D eigenvalue weighted by Gasteiger charge is -2.50. The quantitative estimate of drug-likeness (QED) is 0.289. The number of benzene rings is 2. The average molecular weight is 646 g/mol. The first-order chi connectivity index (χ1) is 22.2. The minimum absolute atomic E-state index is 0.00602. The molecule has 0 bridgehead atoms. The second-order valence-electron chi connectivity index (χ2n) is 13.8. The molecule has 2 aromatic carbocycles. The van der Waals surface area contributed by atoms with Crippen LogP contribution in [-0.2, 0) is 22.6 Å². The second-order valence-corrected chi connectivity index (χ2v) is 13.8. The molecule has 1 fully saturated rings. The highest BCUT2D eigenvalue weighted by molar-refractivity contribution is 6.25. The van der Waals surface area contributed by atoms with Gasteiger partial charge in [0, 0.05) is 69.6 Å². The van der Waals surface area contributed by atoms with E-state index in [0.29, 0.717) is 22.4 Å². The van der Waals surface area contributed by atoms with Crippen molar-refractivity contribution in [2.24, 2.45) is 17.6 Å². The lowest BCUT2D eigenvalue weighted by atomic mass is 9.58. The minimum Gasteiger partial charge on any atom is -0.510 e. The van der Waals surface area contributed by atoms with Crippen molar-refractivity contribution in [1.29, 1.82) is 0 Å². The number of aliphatic hydroxyl groups excluding tert-OH is 2. The number of rotatable bonds is 6. The molecule has 250 valence electrons. The maximum Gasteiger partial charge on any atom is 0.255 e. The number of phenols is 1. The molecule has 4 unspecified atom stereocenters. The maximum absolute atomic E-state index is 14.4. The van der Waals surface area contributed by atoms with Gasteiger partial charge in [-0.25, -0.2) is 0 Å². The molecular weight excluding hydrogens is 602 g/mol. The Bertz CT molecular complexity index is 1720. The van der Waals surface area contributed by atoms with Crippen LogP contribution in [0, 0.1) is 11.8 Å². The first-order valence-corrected chi connectivity index (χ1v) is 15.9. The fourth-order valence-corrected chi connectivity index (χ4v) is 7.97. The van der Waals surface area contributed by atoms with Gasteiger partial charge in [0.05, 0.1) is 11.6 Å². The van der Waals surface area contributed by atoms with E-state index < -0.39 is 58.0 Å². The summed E-state index contributed by atoms with van der Waals surface area (Å²) in [6.45, 7) is 4.81. The summed E-state index contributed by atoms with van der Waals surface area (Å²) >= 11 is 0. The van der Waals surface area contributed by atoms with Gasteiger partial charge < -0.3 is 36.0 Å². The first kappa shape index (κ1) is 32.7. The van der Waals surface area contributed by atoms with Crippen molar-refractivity contribution in [3.8, 4) is 16.9 Å². The monoisotopic (exact) mass is 645 g/mol. The number of fused-ring (bicyclic) bond motifs is 3. The number of aromatic hydroxyl groups is 1. The number of amides is 1. The zero-order valence-corrected chi connectivity index (χ0v) is 27.4. The Kier molecular flexibility index (Phi) is 8.20. The van der Waals surface area contributed by atoms with E-state index in [-0.39, 0.29) is 29.7 Å². The Morgan fingerprint density at radius 2 is 1.66 bits per heavy atom. The largest absolute Gasteiger partial charge is 0.510 e. The van der Waals surface area contributed by atoms with E-state index in [0.717, 1.165) is 38.3 Å². The Hall–Kier alpha value is -4.23. The van der Waals surface area contributed by atoms with Gasteiger partial charge in [0.1, 0.15) is 22.8 Å². The molecule has 12 nitrogen and oxygen atoms in total. The Morgan fingerprint density at radius 1 is 1.02 bits per heavy atom. The molecule has 0 saturated carbocycles. The molecule has 1 aliphatic heterocycles. The third-order valence-corrected chi connectivity index (χ3v) is 10.4. The molecule has 0 spiro atoms. The van der Waals surface area contributed by atoms with Crippen molar-refractivity contribution in [2.45, 2.75) is 31.0 Å². The van der Waals surface area contributed by atoms with Gasteiger partial charge in [-0.2, -0.15) is 0 Å². The fraction of sp³-hybridized carbons (Fsp3) is 0.457. The van der Waals surface area contributed by atoms with E-state index in [1.54, 1.807) is 14.1 Å². The number of ketones is 2. The smallest absolute Gasteiger partial charge is 0.255 e. The van der Waals surface area contributed by atoms with Crippen molar-refractivity contribution in [3.05, 3.63) is 69.7 Å². The zero-order chi connectivity index (χ0) is 34.1. The number of piperazine rings is 1. The van der Waals surface area contributed by atoms with Crippen LogP contribution in [0.1, 0.15) is 27.9 Å². The van der Waals surface area contributed by atoms with E-state index in [9.17, 15) is 34.8 Å². The number of primary amides is 1. The number of anilines is 1. The highest BCUT2D eigenvalue weighted by atomic mass is 16.3. The predicted molar refractivity (Wildman–Crippen MR) is 176 cm³/mol. The number of nitrogens with two attached hydrogens (primary N) is 1. The minimum atomic E-state index is -2.68. The Labute approximate surface area is 274 Å². The third kappa shape index (κ3) is 5.10. The van der Waals surface area contributed by atoms with Gasteiger partial charge in [0.25, 0.3) is 5.91 Å². The van der Waals surface area contributed by atoms with Crippen LogP contribution in [0.15, 0.2) is 53.0 Å². The number of likely N-dealkylation sites (N-methyl/N-ethyl adjacent to an activating group) is 2. The molecule has 1 heterocycles. The normalized spacial score (nSPS) is 26.7.